The molecule has 2 heterocycles. The number of nitrogens with one attached hydrogen (secondary N) is 1. The molecule has 0 aliphatic carbocycles. The highest BCUT2D eigenvalue weighted by Crippen LogP contribution is 2.27. The van der Waals surface area contributed by atoms with Crippen molar-refractivity contribution in [1.82, 2.24) is 9.55 Å². The van der Waals surface area contributed by atoms with Gasteiger partial charge in [0.05, 0.1) is 12.0 Å². The zero-order valence-electron chi connectivity index (χ0n) is 12.0. The Morgan fingerprint density at radius 2 is 2.33 bits per heavy atom. The lowest BCUT2D eigenvalue weighted by Crippen LogP contribution is -2.17. The van der Waals surface area contributed by atoms with E-state index in [9.17, 15) is 4.79 Å². The number of benzene rings is 1. The van der Waals surface area contributed by atoms with Crippen LogP contribution in [0.3, 0.4) is 0 Å². The summed E-state index contributed by atoms with van der Waals surface area (Å²) in [5.74, 6) is 0.788. The van der Waals surface area contributed by atoms with Gasteiger partial charge in [-0.05, 0) is 26.0 Å². The lowest BCUT2D eigenvalue weighted by Gasteiger charge is -2.13. The molecule has 1 unspecified atom stereocenters. The number of nitrogens with zero attached hydrogens (tertiary/aromatic N) is 2. The smallest absolute Gasteiger partial charge is 0.226 e. The van der Waals surface area contributed by atoms with Crippen molar-refractivity contribution in [3.05, 3.63) is 48.7 Å². The van der Waals surface area contributed by atoms with Gasteiger partial charge >= 0.3 is 0 Å². The SMILES string of the molecule is Cc1cc2cccc(NC(=O)CC(C)n3ccnc3)c2o1. The van der Waals surface area contributed by atoms with Crippen molar-refractivity contribution in [3.8, 4) is 0 Å². The number of amides is 1. The fourth-order valence-corrected chi connectivity index (χ4v) is 2.40. The van der Waals surface area contributed by atoms with E-state index in [4.69, 9.17) is 4.42 Å². The molecule has 3 rings (SSSR count). The fourth-order valence-electron chi connectivity index (χ4n) is 2.40. The van der Waals surface area contributed by atoms with Crippen LogP contribution in [0.15, 0.2) is 47.4 Å². The molecular weight excluding hydrogens is 266 g/mol. The molecule has 2 aromatic heterocycles. The molecule has 1 amide bonds. The first-order valence-corrected chi connectivity index (χ1v) is 6.90. The fraction of sp³-hybridized carbons (Fsp3) is 0.250. The monoisotopic (exact) mass is 283 g/mol. The number of aromatic nitrogens is 2. The minimum absolute atomic E-state index is 0.0437. The predicted octanol–water partition coefficient (Wildman–Crippen LogP) is 3.53. The minimum atomic E-state index is -0.0437. The molecule has 5 heteroatoms. The number of furan rings is 1. The molecule has 0 bridgehead atoms. The van der Waals surface area contributed by atoms with Crippen LogP contribution in [-0.2, 0) is 4.79 Å². The van der Waals surface area contributed by atoms with Crippen LogP contribution in [0.2, 0.25) is 0 Å². The van der Waals surface area contributed by atoms with Crippen LogP contribution in [0.1, 0.15) is 25.1 Å². The highest BCUT2D eigenvalue weighted by atomic mass is 16.3. The van der Waals surface area contributed by atoms with Gasteiger partial charge in [0.15, 0.2) is 5.58 Å². The van der Waals surface area contributed by atoms with Crippen molar-refractivity contribution in [2.45, 2.75) is 26.3 Å². The lowest BCUT2D eigenvalue weighted by molar-refractivity contribution is -0.116. The summed E-state index contributed by atoms with van der Waals surface area (Å²) in [7, 11) is 0. The molecular formula is C16H17N3O2. The van der Waals surface area contributed by atoms with E-state index in [1.165, 1.54) is 0 Å². The number of anilines is 1. The van der Waals surface area contributed by atoms with E-state index in [0.717, 1.165) is 16.7 Å². The Kier molecular flexibility index (Phi) is 3.48. The minimum Gasteiger partial charge on any atom is -0.459 e. The van der Waals surface area contributed by atoms with E-state index in [1.54, 1.807) is 12.5 Å². The summed E-state index contributed by atoms with van der Waals surface area (Å²) >= 11 is 0. The van der Waals surface area contributed by atoms with Crippen molar-refractivity contribution in [1.29, 1.82) is 0 Å². The van der Waals surface area contributed by atoms with Gasteiger partial charge in [-0.15, -0.1) is 0 Å². The summed E-state index contributed by atoms with van der Waals surface area (Å²) in [6, 6.07) is 7.75. The second-order valence-electron chi connectivity index (χ2n) is 5.19. The van der Waals surface area contributed by atoms with Gasteiger partial charge in [0, 0.05) is 30.2 Å². The van der Waals surface area contributed by atoms with E-state index in [-0.39, 0.29) is 11.9 Å². The van der Waals surface area contributed by atoms with Crippen LogP contribution in [0, 0.1) is 6.92 Å². The molecule has 108 valence electrons. The van der Waals surface area contributed by atoms with Crippen LogP contribution >= 0.6 is 0 Å². The van der Waals surface area contributed by atoms with Crippen molar-refractivity contribution >= 4 is 22.6 Å². The molecule has 0 saturated carbocycles. The second-order valence-corrected chi connectivity index (χ2v) is 5.19. The summed E-state index contributed by atoms with van der Waals surface area (Å²) in [4.78, 5) is 16.2. The zero-order valence-corrected chi connectivity index (χ0v) is 12.0. The van der Waals surface area contributed by atoms with Gasteiger partial charge in [0.25, 0.3) is 0 Å². The molecule has 0 fully saturated rings. The van der Waals surface area contributed by atoms with E-state index < -0.39 is 0 Å². The van der Waals surface area contributed by atoms with Crippen LogP contribution < -0.4 is 5.32 Å². The molecule has 0 radical (unpaired) electrons. The van der Waals surface area contributed by atoms with Crippen molar-refractivity contribution in [3.63, 3.8) is 0 Å². The Hall–Kier alpha value is -2.56. The number of rotatable bonds is 4. The van der Waals surface area contributed by atoms with Gasteiger partial charge in [-0.3, -0.25) is 4.79 Å². The number of hydrogen-bond donors (Lipinski definition) is 1. The molecule has 3 aromatic rings. The Labute approximate surface area is 122 Å². The van der Waals surface area contributed by atoms with Gasteiger partial charge in [-0.2, -0.15) is 0 Å². The third-order valence-electron chi connectivity index (χ3n) is 3.46. The number of carbonyl (C=O) groups excluding carboxylic acids is 1. The Morgan fingerprint density at radius 3 is 3.10 bits per heavy atom. The first kappa shape index (κ1) is 13.4. The van der Waals surface area contributed by atoms with Gasteiger partial charge in [-0.1, -0.05) is 12.1 Å². The summed E-state index contributed by atoms with van der Waals surface area (Å²) in [6.45, 7) is 3.88. The molecule has 1 N–H and O–H groups in total. The standard InChI is InChI=1S/C16H17N3O2/c1-11(19-7-6-17-10-19)8-15(20)18-14-5-3-4-13-9-12(2)21-16(13)14/h3-7,9-11H,8H2,1-2H3,(H,18,20). The molecule has 0 aliphatic rings. The molecule has 0 saturated heterocycles. The van der Waals surface area contributed by atoms with Gasteiger partial charge < -0.3 is 14.3 Å². The number of carbonyl (C=O) groups is 1. The Balaban J connectivity index is 1.74. The Morgan fingerprint density at radius 1 is 1.48 bits per heavy atom. The molecule has 5 nitrogen and oxygen atoms in total. The maximum atomic E-state index is 12.2. The highest BCUT2D eigenvalue weighted by Gasteiger charge is 2.13. The van der Waals surface area contributed by atoms with E-state index in [2.05, 4.69) is 10.3 Å². The number of aryl methyl sites for hydroxylation is 1. The van der Waals surface area contributed by atoms with Crippen molar-refractivity contribution < 1.29 is 9.21 Å². The molecule has 21 heavy (non-hydrogen) atoms. The zero-order chi connectivity index (χ0) is 14.8. The molecule has 0 aliphatic heterocycles. The third kappa shape index (κ3) is 2.81. The first-order chi connectivity index (χ1) is 10.1. The Bertz CT molecular complexity index is 759. The number of fused-ring (bicyclic) bond motifs is 1. The molecule has 1 aromatic carbocycles. The maximum Gasteiger partial charge on any atom is 0.226 e. The van der Waals surface area contributed by atoms with Crippen LogP contribution in [-0.4, -0.2) is 15.5 Å². The summed E-state index contributed by atoms with van der Waals surface area (Å²) < 4.78 is 7.56. The van der Waals surface area contributed by atoms with Crippen molar-refractivity contribution in [2.24, 2.45) is 0 Å². The molecule has 1 atom stereocenters. The summed E-state index contributed by atoms with van der Waals surface area (Å²) in [5.41, 5.74) is 1.43. The topological polar surface area (TPSA) is 60.1 Å². The van der Waals surface area contributed by atoms with E-state index in [1.807, 2.05) is 48.9 Å². The second kappa shape index (κ2) is 5.44. The van der Waals surface area contributed by atoms with Gasteiger partial charge in [0.2, 0.25) is 5.91 Å². The average molecular weight is 283 g/mol. The number of imidazole rings is 1. The normalized spacial score (nSPS) is 12.5. The molecule has 0 spiro atoms. The predicted molar refractivity (Wildman–Crippen MR) is 81.1 cm³/mol. The highest BCUT2D eigenvalue weighted by molar-refractivity contribution is 5.99. The van der Waals surface area contributed by atoms with Crippen LogP contribution in [0.25, 0.3) is 11.0 Å². The maximum absolute atomic E-state index is 12.2. The lowest BCUT2D eigenvalue weighted by atomic mass is 10.2. The third-order valence-corrected chi connectivity index (χ3v) is 3.46. The summed E-state index contributed by atoms with van der Waals surface area (Å²) in [6.07, 6.45) is 5.66. The van der Waals surface area contributed by atoms with E-state index >= 15 is 0 Å². The largest absolute Gasteiger partial charge is 0.459 e. The number of para-hydroxylation sites is 1. The van der Waals surface area contributed by atoms with Gasteiger partial charge in [-0.25, -0.2) is 4.98 Å². The van der Waals surface area contributed by atoms with Crippen molar-refractivity contribution in [2.75, 3.05) is 5.32 Å². The number of hydrogen-bond acceptors (Lipinski definition) is 3. The quantitative estimate of drug-likeness (QED) is 0.796. The average Bonchev–Trinajstić information content (AvgIpc) is 3.06. The summed E-state index contributed by atoms with van der Waals surface area (Å²) in [5, 5.41) is 3.92. The van der Waals surface area contributed by atoms with Crippen LogP contribution in [0.4, 0.5) is 5.69 Å². The first-order valence-electron chi connectivity index (χ1n) is 6.90. The van der Waals surface area contributed by atoms with Crippen LogP contribution in [0.5, 0.6) is 0 Å². The van der Waals surface area contributed by atoms with Gasteiger partial charge in [0.1, 0.15) is 5.76 Å². The van der Waals surface area contributed by atoms with E-state index in [0.29, 0.717) is 12.1 Å².